The van der Waals surface area contributed by atoms with E-state index in [-0.39, 0.29) is 11.7 Å². The number of rotatable bonds is 5. The van der Waals surface area contributed by atoms with Gasteiger partial charge in [0, 0.05) is 5.69 Å². The predicted octanol–water partition coefficient (Wildman–Crippen LogP) is 4.39. The first kappa shape index (κ1) is 16.8. The number of anilines is 1. The Morgan fingerprint density at radius 1 is 0.960 bits per heavy atom. The zero-order valence-electron chi connectivity index (χ0n) is 14.0. The molecule has 0 fully saturated rings. The average Bonchev–Trinajstić information content (AvgIpc) is 2.62. The number of fused-ring (bicyclic) bond motifs is 1. The Kier molecular flexibility index (Phi) is 4.84. The number of methoxy groups -OCH3 is 1. The van der Waals surface area contributed by atoms with E-state index in [4.69, 9.17) is 9.47 Å². The van der Waals surface area contributed by atoms with Gasteiger partial charge in [-0.05, 0) is 66.2 Å². The summed E-state index contributed by atoms with van der Waals surface area (Å²) in [7, 11) is 1.61. The first-order valence-corrected chi connectivity index (χ1v) is 7.86. The van der Waals surface area contributed by atoms with Gasteiger partial charge in [-0.3, -0.25) is 4.79 Å². The molecule has 0 saturated heterocycles. The Morgan fingerprint density at radius 2 is 1.60 bits per heavy atom. The molecule has 0 unspecified atom stereocenters. The Morgan fingerprint density at radius 3 is 2.28 bits per heavy atom. The molecule has 0 saturated carbocycles. The number of ether oxygens (including phenoxy) is 2. The summed E-state index contributed by atoms with van der Waals surface area (Å²) in [6, 6.07) is 16.9. The normalized spacial score (nSPS) is 11.8. The highest BCUT2D eigenvalue weighted by Crippen LogP contribution is 2.25. The maximum atomic E-state index is 12.9. The summed E-state index contributed by atoms with van der Waals surface area (Å²) < 4.78 is 23.9. The molecule has 3 aromatic carbocycles. The molecule has 0 aliphatic carbocycles. The summed E-state index contributed by atoms with van der Waals surface area (Å²) in [6.07, 6.45) is -0.701. The molecule has 4 nitrogen and oxygen atoms in total. The smallest absolute Gasteiger partial charge is 0.265 e. The van der Waals surface area contributed by atoms with Crippen LogP contribution < -0.4 is 14.8 Å². The standard InChI is InChI=1S/C20H18FNO3/c1-13(20(23)22-17-7-5-16(21)6-8-17)25-19-10-4-14-3-9-18(24-2)11-15(14)12-19/h3-13H,1-2H3,(H,22,23)/t13-/m1/s1. The van der Waals surface area contributed by atoms with Gasteiger partial charge in [0.1, 0.15) is 17.3 Å². The van der Waals surface area contributed by atoms with Crippen LogP contribution in [0.3, 0.4) is 0 Å². The van der Waals surface area contributed by atoms with E-state index < -0.39 is 6.10 Å². The zero-order valence-corrected chi connectivity index (χ0v) is 14.0. The van der Waals surface area contributed by atoms with Crippen LogP contribution in [-0.2, 0) is 4.79 Å². The van der Waals surface area contributed by atoms with Gasteiger partial charge >= 0.3 is 0 Å². The molecule has 0 aromatic heterocycles. The molecule has 5 heteroatoms. The third-order valence-corrected chi connectivity index (χ3v) is 3.81. The van der Waals surface area contributed by atoms with Crippen molar-refractivity contribution in [1.82, 2.24) is 0 Å². The molecule has 1 amide bonds. The first-order valence-electron chi connectivity index (χ1n) is 7.86. The molecule has 0 bridgehead atoms. The molecular weight excluding hydrogens is 321 g/mol. The lowest BCUT2D eigenvalue weighted by Gasteiger charge is -2.15. The number of carbonyl (C=O) groups is 1. The van der Waals surface area contributed by atoms with Crippen molar-refractivity contribution in [3.63, 3.8) is 0 Å². The summed E-state index contributed by atoms with van der Waals surface area (Å²) in [5.74, 6) is 0.681. The van der Waals surface area contributed by atoms with E-state index in [1.54, 1.807) is 14.0 Å². The van der Waals surface area contributed by atoms with Crippen molar-refractivity contribution >= 4 is 22.4 Å². The van der Waals surface area contributed by atoms with E-state index in [1.165, 1.54) is 24.3 Å². The molecule has 0 heterocycles. The van der Waals surface area contributed by atoms with Crippen LogP contribution in [0.15, 0.2) is 60.7 Å². The second-order valence-corrected chi connectivity index (χ2v) is 5.63. The van der Waals surface area contributed by atoms with Crippen LogP contribution >= 0.6 is 0 Å². The number of benzene rings is 3. The minimum atomic E-state index is -0.701. The second kappa shape index (κ2) is 7.21. The number of hydrogen-bond donors (Lipinski definition) is 1. The molecule has 0 aliphatic heterocycles. The number of hydrogen-bond acceptors (Lipinski definition) is 3. The summed E-state index contributed by atoms with van der Waals surface area (Å²) >= 11 is 0. The van der Waals surface area contributed by atoms with Crippen molar-refractivity contribution in [1.29, 1.82) is 0 Å². The van der Waals surface area contributed by atoms with Crippen LogP contribution in [0.4, 0.5) is 10.1 Å². The fourth-order valence-corrected chi connectivity index (χ4v) is 2.44. The molecule has 25 heavy (non-hydrogen) atoms. The van der Waals surface area contributed by atoms with E-state index in [0.29, 0.717) is 11.4 Å². The van der Waals surface area contributed by atoms with E-state index in [0.717, 1.165) is 16.5 Å². The summed E-state index contributed by atoms with van der Waals surface area (Å²) in [5.41, 5.74) is 0.519. The fourth-order valence-electron chi connectivity index (χ4n) is 2.44. The molecule has 1 N–H and O–H groups in total. The molecule has 3 aromatic rings. The van der Waals surface area contributed by atoms with E-state index in [9.17, 15) is 9.18 Å². The van der Waals surface area contributed by atoms with Crippen molar-refractivity contribution in [2.75, 3.05) is 12.4 Å². The summed E-state index contributed by atoms with van der Waals surface area (Å²) in [6.45, 7) is 1.66. The Balaban J connectivity index is 1.71. The van der Waals surface area contributed by atoms with Gasteiger partial charge in [-0.25, -0.2) is 4.39 Å². The van der Waals surface area contributed by atoms with Crippen molar-refractivity contribution in [2.45, 2.75) is 13.0 Å². The van der Waals surface area contributed by atoms with E-state index in [2.05, 4.69) is 5.32 Å². The molecule has 0 radical (unpaired) electrons. The lowest BCUT2D eigenvalue weighted by atomic mass is 10.1. The topological polar surface area (TPSA) is 47.6 Å². The third-order valence-electron chi connectivity index (χ3n) is 3.81. The number of nitrogens with one attached hydrogen (secondary N) is 1. The summed E-state index contributed by atoms with van der Waals surface area (Å²) in [5, 5.41) is 4.71. The van der Waals surface area contributed by atoms with Crippen molar-refractivity contribution in [3.05, 3.63) is 66.5 Å². The highest BCUT2D eigenvalue weighted by Gasteiger charge is 2.15. The van der Waals surface area contributed by atoms with Gasteiger partial charge in [0.25, 0.3) is 5.91 Å². The van der Waals surface area contributed by atoms with Crippen LogP contribution in [-0.4, -0.2) is 19.1 Å². The lowest BCUT2D eigenvalue weighted by Crippen LogP contribution is -2.30. The maximum Gasteiger partial charge on any atom is 0.265 e. The second-order valence-electron chi connectivity index (χ2n) is 5.63. The minimum Gasteiger partial charge on any atom is -0.497 e. The van der Waals surface area contributed by atoms with Gasteiger partial charge < -0.3 is 14.8 Å². The van der Waals surface area contributed by atoms with Gasteiger partial charge in [0.15, 0.2) is 6.10 Å². The number of halogens is 1. The molecule has 128 valence electrons. The average molecular weight is 339 g/mol. The van der Waals surface area contributed by atoms with Crippen molar-refractivity contribution in [3.8, 4) is 11.5 Å². The molecule has 1 atom stereocenters. The third kappa shape index (κ3) is 4.07. The molecule has 3 rings (SSSR count). The monoisotopic (exact) mass is 339 g/mol. The number of amides is 1. The van der Waals surface area contributed by atoms with Crippen molar-refractivity contribution in [2.24, 2.45) is 0 Å². The Labute approximate surface area is 145 Å². The first-order chi connectivity index (χ1) is 12.0. The van der Waals surface area contributed by atoms with Gasteiger partial charge in [-0.1, -0.05) is 12.1 Å². The summed E-state index contributed by atoms with van der Waals surface area (Å²) in [4.78, 5) is 12.2. The maximum absolute atomic E-state index is 12.9. The lowest BCUT2D eigenvalue weighted by molar-refractivity contribution is -0.122. The van der Waals surface area contributed by atoms with E-state index in [1.807, 2.05) is 36.4 Å². The molecule has 0 aliphatic rings. The van der Waals surface area contributed by atoms with Crippen molar-refractivity contribution < 1.29 is 18.7 Å². The fraction of sp³-hybridized carbons (Fsp3) is 0.150. The molecular formula is C20H18FNO3. The molecule has 0 spiro atoms. The number of carbonyl (C=O) groups excluding carboxylic acids is 1. The quantitative estimate of drug-likeness (QED) is 0.750. The zero-order chi connectivity index (χ0) is 17.8. The Hall–Kier alpha value is -3.08. The van der Waals surface area contributed by atoms with Crippen LogP contribution in [0, 0.1) is 5.82 Å². The largest absolute Gasteiger partial charge is 0.497 e. The Bertz CT molecular complexity index is 893. The van der Waals surface area contributed by atoms with Crippen LogP contribution in [0.5, 0.6) is 11.5 Å². The highest BCUT2D eigenvalue weighted by atomic mass is 19.1. The van der Waals surface area contributed by atoms with Gasteiger partial charge in [0.2, 0.25) is 0 Å². The minimum absolute atomic E-state index is 0.308. The predicted molar refractivity (Wildman–Crippen MR) is 95.6 cm³/mol. The van der Waals surface area contributed by atoms with Crippen LogP contribution in [0.25, 0.3) is 10.8 Å². The van der Waals surface area contributed by atoms with Gasteiger partial charge in [-0.15, -0.1) is 0 Å². The van der Waals surface area contributed by atoms with Crippen LogP contribution in [0.2, 0.25) is 0 Å². The van der Waals surface area contributed by atoms with Crippen LogP contribution in [0.1, 0.15) is 6.92 Å². The van der Waals surface area contributed by atoms with E-state index >= 15 is 0 Å². The SMILES string of the molecule is COc1ccc2ccc(O[C@H](C)C(=O)Nc3ccc(F)cc3)cc2c1. The van der Waals surface area contributed by atoms with Gasteiger partial charge in [-0.2, -0.15) is 0 Å². The highest BCUT2D eigenvalue weighted by molar-refractivity contribution is 5.94. The van der Waals surface area contributed by atoms with Gasteiger partial charge in [0.05, 0.1) is 7.11 Å².